The molecular weight excluding hydrogens is 367 g/mol. The summed E-state index contributed by atoms with van der Waals surface area (Å²) in [7, 11) is 0. The van der Waals surface area contributed by atoms with Crippen molar-refractivity contribution < 1.29 is 9.18 Å². The van der Waals surface area contributed by atoms with E-state index in [1.807, 2.05) is 49.4 Å². The SMILES string of the molecule is Cc1cc2nc(NC(=O)C3CC3c3ccc(F)cc3)cc(-c3ccccc3)n2n1. The van der Waals surface area contributed by atoms with Gasteiger partial charge in [0.05, 0.1) is 11.4 Å². The second-order valence-electron chi connectivity index (χ2n) is 7.44. The number of nitrogens with zero attached hydrogens (tertiary/aromatic N) is 3. The van der Waals surface area contributed by atoms with Crippen LogP contribution in [0.15, 0.2) is 66.7 Å². The third-order valence-corrected chi connectivity index (χ3v) is 5.30. The first kappa shape index (κ1) is 17.6. The number of carbonyl (C=O) groups is 1. The Balaban J connectivity index is 1.42. The Bertz CT molecular complexity index is 1200. The third kappa shape index (κ3) is 3.38. The highest BCUT2D eigenvalue weighted by molar-refractivity contribution is 5.95. The van der Waals surface area contributed by atoms with Crippen LogP contribution in [0.5, 0.6) is 0 Å². The van der Waals surface area contributed by atoms with E-state index in [4.69, 9.17) is 0 Å². The van der Waals surface area contributed by atoms with Crippen molar-refractivity contribution >= 4 is 17.4 Å². The number of carbonyl (C=O) groups excluding carboxylic acids is 1. The molecule has 0 saturated heterocycles. The van der Waals surface area contributed by atoms with Crippen LogP contribution in [0.25, 0.3) is 16.9 Å². The van der Waals surface area contributed by atoms with Crippen LogP contribution in [-0.2, 0) is 4.79 Å². The minimum absolute atomic E-state index is 0.0635. The Morgan fingerprint density at radius 1 is 1.10 bits per heavy atom. The normalized spacial score (nSPS) is 18.0. The van der Waals surface area contributed by atoms with Crippen LogP contribution in [0.3, 0.4) is 0 Å². The second-order valence-corrected chi connectivity index (χ2v) is 7.44. The molecule has 2 heterocycles. The molecule has 2 unspecified atom stereocenters. The van der Waals surface area contributed by atoms with Gasteiger partial charge in [-0.1, -0.05) is 42.5 Å². The summed E-state index contributed by atoms with van der Waals surface area (Å²) in [5, 5.41) is 7.49. The maximum absolute atomic E-state index is 13.1. The number of hydrogen-bond donors (Lipinski definition) is 1. The number of amides is 1. The van der Waals surface area contributed by atoms with Crippen molar-refractivity contribution in [3.8, 4) is 11.3 Å². The lowest BCUT2D eigenvalue weighted by molar-refractivity contribution is -0.117. The first-order valence-electron chi connectivity index (χ1n) is 9.58. The number of fused-ring (bicyclic) bond motifs is 1. The van der Waals surface area contributed by atoms with Gasteiger partial charge in [0.2, 0.25) is 5.91 Å². The molecule has 1 fully saturated rings. The van der Waals surface area contributed by atoms with Crippen molar-refractivity contribution in [2.75, 3.05) is 5.32 Å². The summed E-state index contributed by atoms with van der Waals surface area (Å²) in [5.74, 6) is 0.185. The number of aryl methyl sites for hydroxylation is 1. The fraction of sp³-hybridized carbons (Fsp3) is 0.174. The highest BCUT2D eigenvalue weighted by atomic mass is 19.1. The zero-order valence-electron chi connectivity index (χ0n) is 15.8. The van der Waals surface area contributed by atoms with Crippen LogP contribution in [0, 0.1) is 18.7 Å². The van der Waals surface area contributed by atoms with Crippen molar-refractivity contribution in [3.63, 3.8) is 0 Å². The summed E-state index contributed by atoms with van der Waals surface area (Å²) in [6.45, 7) is 1.92. The fourth-order valence-corrected chi connectivity index (χ4v) is 3.75. The van der Waals surface area contributed by atoms with Crippen LogP contribution in [-0.4, -0.2) is 20.5 Å². The van der Waals surface area contributed by atoms with Crippen LogP contribution in [0.4, 0.5) is 10.2 Å². The van der Waals surface area contributed by atoms with E-state index in [1.165, 1.54) is 12.1 Å². The van der Waals surface area contributed by atoms with Crippen LogP contribution in [0.2, 0.25) is 0 Å². The van der Waals surface area contributed by atoms with Crippen molar-refractivity contribution in [2.45, 2.75) is 19.3 Å². The minimum atomic E-state index is -0.266. The van der Waals surface area contributed by atoms with E-state index in [-0.39, 0.29) is 23.6 Å². The molecule has 5 nitrogen and oxygen atoms in total. The number of hydrogen-bond acceptors (Lipinski definition) is 3. The van der Waals surface area contributed by atoms with Gasteiger partial charge in [0.1, 0.15) is 11.6 Å². The number of benzene rings is 2. The maximum atomic E-state index is 13.1. The van der Waals surface area contributed by atoms with Crippen LogP contribution >= 0.6 is 0 Å². The summed E-state index contributed by atoms with van der Waals surface area (Å²) in [6, 6.07) is 20.0. The van der Waals surface area contributed by atoms with Gasteiger partial charge >= 0.3 is 0 Å². The molecule has 5 rings (SSSR count). The van der Waals surface area contributed by atoms with Gasteiger partial charge in [0.15, 0.2) is 5.65 Å². The smallest absolute Gasteiger partial charge is 0.229 e. The highest BCUT2D eigenvalue weighted by Crippen LogP contribution is 2.48. The Morgan fingerprint density at radius 2 is 1.86 bits per heavy atom. The number of anilines is 1. The predicted octanol–water partition coefficient (Wildman–Crippen LogP) is 4.59. The standard InChI is InChI=1S/C23H19FN4O/c1-14-11-22-25-21(13-20(28(22)27-14)16-5-3-2-4-6-16)26-23(29)19-12-18(19)15-7-9-17(24)10-8-15/h2-11,13,18-19H,12H2,1H3,(H,25,26,29). The molecular formula is C23H19FN4O. The molecule has 0 radical (unpaired) electrons. The maximum Gasteiger partial charge on any atom is 0.229 e. The average molecular weight is 386 g/mol. The van der Waals surface area contributed by atoms with Gasteiger partial charge in [0.25, 0.3) is 0 Å². The first-order valence-corrected chi connectivity index (χ1v) is 9.58. The minimum Gasteiger partial charge on any atom is -0.310 e. The number of rotatable bonds is 4. The molecule has 6 heteroatoms. The van der Waals surface area contributed by atoms with E-state index in [1.54, 1.807) is 16.6 Å². The summed E-state index contributed by atoms with van der Waals surface area (Å²) >= 11 is 0. The van der Waals surface area contributed by atoms with Crippen LogP contribution < -0.4 is 5.32 Å². The van der Waals surface area contributed by atoms with Gasteiger partial charge < -0.3 is 5.32 Å². The Morgan fingerprint density at radius 3 is 2.62 bits per heavy atom. The quantitative estimate of drug-likeness (QED) is 0.558. The van der Waals surface area contributed by atoms with Gasteiger partial charge in [0, 0.05) is 23.6 Å². The molecule has 2 atom stereocenters. The topological polar surface area (TPSA) is 59.3 Å². The lowest BCUT2D eigenvalue weighted by atomic mass is 10.1. The summed E-state index contributed by atoms with van der Waals surface area (Å²) in [6.07, 6.45) is 0.761. The van der Waals surface area contributed by atoms with Gasteiger partial charge in [-0.15, -0.1) is 0 Å². The zero-order valence-corrected chi connectivity index (χ0v) is 15.8. The fourth-order valence-electron chi connectivity index (χ4n) is 3.75. The van der Waals surface area contributed by atoms with Crippen LogP contribution in [0.1, 0.15) is 23.6 Å². The van der Waals surface area contributed by atoms with E-state index >= 15 is 0 Å². The summed E-state index contributed by atoms with van der Waals surface area (Å²) < 4.78 is 14.9. The van der Waals surface area contributed by atoms with Crippen molar-refractivity contribution in [1.82, 2.24) is 14.6 Å². The highest BCUT2D eigenvalue weighted by Gasteiger charge is 2.44. The van der Waals surface area contributed by atoms with E-state index in [2.05, 4.69) is 15.4 Å². The van der Waals surface area contributed by atoms with E-state index < -0.39 is 0 Å². The van der Waals surface area contributed by atoms with Gasteiger partial charge in [-0.05, 0) is 37.0 Å². The first-order chi connectivity index (χ1) is 14.1. The lowest BCUT2D eigenvalue weighted by Crippen LogP contribution is -2.16. The molecule has 1 amide bonds. The summed E-state index contributed by atoms with van der Waals surface area (Å²) in [4.78, 5) is 17.3. The molecule has 29 heavy (non-hydrogen) atoms. The van der Waals surface area contributed by atoms with Crippen molar-refractivity contribution in [2.24, 2.45) is 5.92 Å². The predicted molar refractivity (Wildman–Crippen MR) is 109 cm³/mol. The lowest BCUT2D eigenvalue weighted by Gasteiger charge is -2.09. The third-order valence-electron chi connectivity index (χ3n) is 5.30. The van der Waals surface area contributed by atoms with Crippen molar-refractivity contribution in [1.29, 1.82) is 0 Å². The molecule has 144 valence electrons. The van der Waals surface area contributed by atoms with Gasteiger partial charge in [-0.2, -0.15) is 5.10 Å². The largest absolute Gasteiger partial charge is 0.310 e. The van der Waals surface area contributed by atoms with E-state index in [9.17, 15) is 9.18 Å². The molecule has 1 N–H and O–H groups in total. The van der Waals surface area contributed by atoms with Gasteiger partial charge in [-0.25, -0.2) is 13.9 Å². The second kappa shape index (κ2) is 6.81. The molecule has 0 spiro atoms. The molecule has 1 saturated carbocycles. The molecule has 0 aliphatic heterocycles. The molecule has 4 aromatic rings. The Labute approximate surface area is 167 Å². The molecule has 2 aromatic heterocycles. The molecule has 1 aliphatic rings. The molecule has 2 aromatic carbocycles. The van der Waals surface area contributed by atoms with Crippen molar-refractivity contribution in [3.05, 3.63) is 83.8 Å². The number of nitrogens with one attached hydrogen (secondary N) is 1. The van der Waals surface area contributed by atoms with E-state index in [0.717, 1.165) is 28.9 Å². The Hall–Kier alpha value is -3.54. The molecule has 1 aliphatic carbocycles. The number of aromatic nitrogens is 3. The summed E-state index contributed by atoms with van der Waals surface area (Å²) in [5.41, 5.74) is 4.40. The number of halogens is 1. The monoisotopic (exact) mass is 386 g/mol. The Kier molecular flexibility index (Phi) is 4.12. The van der Waals surface area contributed by atoms with E-state index in [0.29, 0.717) is 11.5 Å². The van der Waals surface area contributed by atoms with Gasteiger partial charge in [-0.3, -0.25) is 4.79 Å². The zero-order chi connectivity index (χ0) is 20.0. The average Bonchev–Trinajstić information content (AvgIpc) is 3.43. The molecule has 0 bridgehead atoms.